The highest BCUT2D eigenvalue weighted by atomic mass is 15.3. The van der Waals surface area contributed by atoms with Crippen molar-refractivity contribution in [1.29, 1.82) is 5.41 Å². The van der Waals surface area contributed by atoms with Gasteiger partial charge in [0.2, 0.25) is 0 Å². The van der Waals surface area contributed by atoms with Crippen LogP contribution in [0.3, 0.4) is 0 Å². The lowest BCUT2D eigenvalue weighted by Gasteiger charge is -2.39. The first-order valence-corrected chi connectivity index (χ1v) is 8.97. The SMILES string of the molecule is N=C(CC1CCC1)N1CCN(c2ccccc2-c2cn[nH]c2)CC1. The molecule has 1 aromatic carbocycles. The summed E-state index contributed by atoms with van der Waals surface area (Å²) < 4.78 is 0. The fourth-order valence-electron chi connectivity index (χ4n) is 3.71. The molecule has 4 rings (SSSR count). The highest BCUT2D eigenvalue weighted by molar-refractivity contribution is 5.81. The van der Waals surface area contributed by atoms with E-state index in [1.165, 1.54) is 30.5 Å². The topological polar surface area (TPSA) is 59.0 Å². The molecule has 24 heavy (non-hydrogen) atoms. The summed E-state index contributed by atoms with van der Waals surface area (Å²) in [5.74, 6) is 1.62. The Morgan fingerprint density at radius 1 is 1.17 bits per heavy atom. The van der Waals surface area contributed by atoms with E-state index in [0.717, 1.165) is 49.9 Å². The molecule has 1 aliphatic carbocycles. The summed E-state index contributed by atoms with van der Waals surface area (Å²) in [6, 6.07) is 8.53. The molecule has 2 N–H and O–H groups in total. The van der Waals surface area contributed by atoms with Gasteiger partial charge in [-0.1, -0.05) is 37.5 Å². The number of piperazine rings is 1. The summed E-state index contributed by atoms with van der Waals surface area (Å²) in [6.07, 6.45) is 8.80. The Hall–Kier alpha value is -2.30. The molecule has 1 saturated carbocycles. The molecule has 5 nitrogen and oxygen atoms in total. The summed E-state index contributed by atoms with van der Waals surface area (Å²) in [5.41, 5.74) is 3.62. The van der Waals surface area contributed by atoms with Crippen LogP contribution in [0.15, 0.2) is 36.7 Å². The second-order valence-corrected chi connectivity index (χ2v) is 6.93. The van der Waals surface area contributed by atoms with Crippen LogP contribution in [0.5, 0.6) is 0 Å². The van der Waals surface area contributed by atoms with Crippen LogP contribution in [0.25, 0.3) is 11.1 Å². The molecule has 5 heteroatoms. The Morgan fingerprint density at radius 2 is 1.96 bits per heavy atom. The highest BCUT2D eigenvalue weighted by Gasteiger charge is 2.25. The van der Waals surface area contributed by atoms with Gasteiger partial charge >= 0.3 is 0 Å². The molecule has 0 amide bonds. The predicted octanol–water partition coefficient (Wildman–Crippen LogP) is 3.37. The van der Waals surface area contributed by atoms with Crippen molar-refractivity contribution in [3.63, 3.8) is 0 Å². The van der Waals surface area contributed by atoms with E-state index in [-0.39, 0.29) is 0 Å². The van der Waals surface area contributed by atoms with Gasteiger partial charge < -0.3 is 9.80 Å². The van der Waals surface area contributed by atoms with Gasteiger partial charge in [0.25, 0.3) is 0 Å². The molecule has 0 bridgehead atoms. The first-order valence-electron chi connectivity index (χ1n) is 8.97. The van der Waals surface area contributed by atoms with E-state index >= 15 is 0 Å². The Kier molecular flexibility index (Phi) is 4.24. The molecule has 1 aliphatic heterocycles. The number of aromatic amines is 1. The van der Waals surface area contributed by atoms with Gasteiger partial charge in [-0.25, -0.2) is 0 Å². The largest absolute Gasteiger partial charge is 0.367 e. The van der Waals surface area contributed by atoms with Crippen molar-refractivity contribution in [2.45, 2.75) is 25.7 Å². The van der Waals surface area contributed by atoms with Gasteiger partial charge in [-0.2, -0.15) is 5.10 Å². The number of para-hydroxylation sites is 1. The number of hydrogen-bond acceptors (Lipinski definition) is 3. The third-order valence-electron chi connectivity index (χ3n) is 5.42. The lowest BCUT2D eigenvalue weighted by Crippen LogP contribution is -2.49. The van der Waals surface area contributed by atoms with Crippen molar-refractivity contribution < 1.29 is 0 Å². The number of anilines is 1. The van der Waals surface area contributed by atoms with Crippen molar-refractivity contribution in [3.8, 4) is 11.1 Å². The van der Waals surface area contributed by atoms with Gasteiger partial charge in [0.15, 0.2) is 0 Å². The van der Waals surface area contributed by atoms with Crippen molar-refractivity contribution in [3.05, 3.63) is 36.7 Å². The van der Waals surface area contributed by atoms with Crippen molar-refractivity contribution in [2.24, 2.45) is 5.92 Å². The van der Waals surface area contributed by atoms with Crippen LogP contribution >= 0.6 is 0 Å². The molecular weight excluding hydrogens is 298 g/mol. The fourth-order valence-corrected chi connectivity index (χ4v) is 3.71. The minimum atomic E-state index is 0.775. The summed E-state index contributed by atoms with van der Waals surface area (Å²) in [6.45, 7) is 3.85. The molecule has 2 aliphatic rings. The number of hydrogen-bond donors (Lipinski definition) is 2. The summed E-state index contributed by atoms with van der Waals surface area (Å²) in [4.78, 5) is 4.71. The molecule has 0 atom stereocenters. The average molecular weight is 323 g/mol. The maximum absolute atomic E-state index is 8.37. The zero-order valence-corrected chi connectivity index (χ0v) is 14.0. The van der Waals surface area contributed by atoms with Crippen molar-refractivity contribution >= 4 is 11.5 Å². The van der Waals surface area contributed by atoms with Crippen molar-refractivity contribution in [1.82, 2.24) is 15.1 Å². The van der Waals surface area contributed by atoms with Crippen LogP contribution in [0.4, 0.5) is 5.69 Å². The zero-order valence-electron chi connectivity index (χ0n) is 14.0. The lowest BCUT2D eigenvalue weighted by molar-refractivity contribution is 0.303. The number of amidine groups is 1. The molecule has 126 valence electrons. The van der Waals surface area contributed by atoms with E-state index < -0.39 is 0 Å². The molecule has 1 aromatic heterocycles. The van der Waals surface area contributed by atoms with E-state index in [0.29, 0.717) is 0 Å². The summed E-state index contributed by atoms with van der Waals surface area (Å²) in [7, 11) is 0. The van der Waals surface area contributed by atoms with E-state index in [2.05, 4.69) is 44.3 Å². The van der Waals surface area contributed by atoms with E-state index in [1.807, 2.05) is 12.4 Å². The first kappa shape index (κ1) is 15.2. The average Bonchev–Trinajstić information content (AvgIpc) is 3.12. The van der Waals surface area contributed by atoms with Gasteiger partial charge in [-0.05, 0) is 12.0 Å². The third-order valence-corrected chi connectivity index (χ3v) is 5.42. The maximum Gasteiger partial charge on any atom is 0.0961 e. The predicted molar refractivity (Wildman–Crippen MR) is 97.5 cm³/mol. The molecule has 0 radical (unpaired) electrons. The molecular formula is C19H25N5. The number of H-pyrrole nitrogens is 1. The standard InChI is InChI=1S/C19H25N5/c20-19(12-15-4-3-5-15)24-10-8-23(9-11-24)18-7-2-1-6-17(18)16-13-21-22-14-16/h1-2,6-7,13-15,20H,3-5,8-12H2,(H,21,22). The molecule has 0 spiro atoms. The number of benzene rings is 1. The molecule has 2 fully saturated rings. The van der Waals surface area contributed by atoms with Crippen molar-refractivity contribution in [2.75, 3.05) is 31.1 Å². The van der Waals surface area contributed by atoms with Gasteiger partial charge in [0.05, 0.1) is 12.0 Å². The Labute approximate surface area is 143 Å². The highest BCUT2D eigenvalue weighted by Crippen LogP contribution is 2.32. The maximum atomic E-state index is 8.37. The second-order valence-electron chi connectivity index (χ2n) is 6.93. The van der Waals surface area contributed by atoms with E-state index in [4.69, 9.17) is 5.41 Å². The smallest absolute Gasteiger partial charge is 0.0961 e. The number of nitrogens with zero attached hydrogens (tertiary/aromatic N) is 3. The Balaban J connectivity index is 1.42. The zero-order chi connectivity index (χ0) is 16.4. The quantitative estimate of drug-likeness (QED) is 0.670. The van der Waals surface area contributed by atoms with Gasteiger partial charge in [-0.3, -0.25) is 10.5 Å². The Morgan fingerprint density at radius 3 is 2.62 bits per heavy atom. The van der Waals surface area contributed by atoms with E-state index in [1.54, 1.807) is 0 Å². The summed E-state index contributed by atoms with van der Waals surface area (Å²) >= 11 is 0. The van der Waals surface area contributed by atoms with Gasteiger partial charge in [0, 0.05) is 55.6 Å². The molecule has 0 unspecified atom stereocenters. The minimum absolute atomic E-state index is 0.775. The first-order chi connectivity index (χ1) is 11.8. The molecule has 1 saturated heterocycles. The number of aromatic nitrogens is 2. The van der Waals surface area contributed by atoms with Crippen LogP contribution in [0.1, 0.15) is 25.7 Å². The third kappa shape index (κ3) is 3.03. The molecule has 2 heterocycles. The fraction of sp³-hybridized carbons (Fsp3) is 0.474. The monoisotopic (exact) mass is 323 g/mol. The normalized spacial score (nSPS) is 18.5. The van der Waals surface area contributed by atoms with Gasteiger partial charge in [0.1, 0.15) is 0 Å². The van der Waals surface area contributed by atoms with Crippen LogP contribution < -0.4 is 4.90 Å². The van der Waals surface area contributed by atoms with Crippen LogP contribution in [0.2, 0.25) is 0 Å². The van der Waals surface area contributed by atoms with Crippen LogP contribution in [0, 0.1) is 11.3 Å². The van der Waals surface area contributed by atoms with Gasteiger partial charge in [-0.15, -0.1) is 0 Å². The van der Waals surface area contributed by atoms with Crippen LogP contribution in [-0.4, -0.2) is 47.1 Å². The summed E-state index contributed by atoms with van der Waals surface area (Å²) in [5, 5.41) is 15.4. The minimum Gasteiger partial charge on any atom is -0.367 e. The van der Waals surface area contributed by atoms with Crippen LogP contribution in [-0.2, 0) is 0 Å². The number of rotatable bonds is 4. The lowest BCUT2D eigenvalue weighted by atomic mass is 9.82. The molecule has 2 aromatic rings. The second kappa shape index (κ2) is 6.67. The Bertz CT molecular complexity index is 682. The number of nitrogens with one attached hydrogen (secondary N) is 2. The van der Waals surface area contributed by atoms with E-state index in [9.17, 15) is 0 Å².